The molecule has 236 valence electrons. The fraction of sp³-hybridized carbons (Fsp3) is 0.286. The molecule has 2 radical (unpaired) electrons. The predicted octanol–water partition coefficient (Wildman–Crippen LogP) is 4.42. The number of hydrogen-bond acceptors (Lipinski definition) is 9. The van der Waals surface area contributed by atoms with Crippen molar-refractivity contribution in [1.29, 1.82) is 0 Å². The second kappa shape index (κ2) is 15.4. The van der Waals surface area contributed by atoms with Crippen molar-refractivity contribution >= 4 is 76.7 Å². The van der Waals surface area contributed by atoms with E-state index in [9.17, 15) is 14.7 Å². The summed E-state index contributed by atoms with van der Waals surface area (Å²) >= 11 is 0. The summed E-state index contributed by atoms with van der Waals surface area (Å²) in [7, 11) is 2.08. The van der Waals surface area contributed by atoms with E-state index in [4.69, 9.17) is 4.74 Å². The monoisotopic (exact) mass is 663 g/mol. The van der Waals surface area contributed by atoms with Crippen LogP contribution < -0.4 is 4.90 Å². The summed E-state index contributed by atoms with van der Waals surface area (Å²) in [5, 5.41) is 25.6. The van der Waals surface area contributed by atoms with Crippen molar-refractivity contribution in [3.63, 3.8) is 0 Å². The molecular weight excluding hydrogens is 628 g/mol. The van der Waals surface area contributed by atoms with Crippen LogP contribution in [0.15, 0.2) is 102 Å². The molecule has 1 amide bonds. The molecule has 0 fully saturated rings. The van der Waals surface area contributed by atoms with Crippen LogP contribution in [0.25, 0.3) is 22.5 Å². The van der Waals surface area contributed by atoms with E-state index in [2.05, 4.69) is 68.7 Å². The van der Waals surface area contributed by atoms with Crippen LogP contribution in [0.1, 0.15) is 38.2 Å². The molecule has 0 bridgehead atoms. The Labute approximate surface area is 323 Å². The fourth-order valence-corrected chi connectivity index (χ4v) is 6.79. The summed E-state index contributed by atoms with van der Waals surface area (Å²) in [6.45, 7) is 2.47. The molecule has 48 heavy (non-hydrogen) atoms. The van der Waals surface area contributed by atoms with Crippen LogP contribution >= 0.6 is 0 Å². The quantitative estimate of drug-likeness (QED) is 0.152. The van der Waals surface area contributed by atoms with Crippen LogP contribution in [0.5, 0.6) is 0 Å². The third-order valence-corrected chi connectivity index (χ3v) is 9.14. The van der Waals surface area contributed by atoms with E-state index in [0.29, 0.717) is 12.2 Å². The molecule has 2 unspecified atom stereocenters. The van der Waals surface area contributed by atoms with Gasteiger partial charge in [-0.2, -0.15) is 0 Å². The molecule has 0 saturated heterocycles. The van der Waals surface area contributed by atoms with Crippen LogP contribution in [0.4, 0.5) is 5.69 Å². The number of unbranched alkanes of at least 4 members (excludes halogenated alkanes) is 1. The largest absolute Gasteiger partial charge is 0.509 e. The molecule has 11 nitrogen and oxygen atoms in total. The van der Waals surface area contributed by atoms with Gasteiger partial charge in [-0.25, -0.2) is 9.89 Å². The van der Waals surface area contributed by atoms with Crippen molar-refractivity contribution in [3.05, 3.63) is 107 Å². The molecule has 4 heterocycles. The molecule has 2 atom stereocenters. The molecule has 0 saturated carbocycles. The van der Waals surface area contributed by atoms with Crippen molar-refractivity contribution in [3.8, 4) is 22.5 Å². The summed E-state index contributed by atoms with van der Waals surface area (Å²) in [4.78, 5) is 32.9. The summed E-state index contributed by atoms with van der Waals surface area (Å²) in [6, 6.07) is 25.0. The fourth-order valence-electron chi connectivity index (χ4n) is 6.79. The minimum Gasteiger partial charge on any atom is -0.509 e. The molecule has 1 aromatic heterocycles. The number of H-pyrrole nitrogens is 1. The van der Waals surface area contributed by atoms with E-state index in [1.165, 1.54) is 0 Å². The Morgan fingerprint density at radius 3 is 2.38 bits per heavy atom. The molecule has 0 aliphatic carbocycles. The zero-order valence-corrected chi connectivity index (χ0v) is 31.8. The molecular formula is C35H35N7Na2O4. The van der Waals surface area contributed by atoms with Gasteiger partial charge in [-0.15, -0.1) is 5.10 Å². The van der Waals surface area contributed by atoms with Gasteiger partial charge in [0.1, 0.15) is 18.5 Å². The summed E-state index contributed by atoms with van der Waals surface area (Å²) in [5.41, 5.74) is 6.53. The summed E-state index contributed by atoms with van der Waals surface area (Å²) in [5.74, 6) is -0.913. The number of carbonyl (C=O) groups is 2. The average molecular weight is 664 g/mol. The zero-order chi connectivity index (χ0) is 31.8. The number of tetrazole rings is 1. The second-order valence-corrected chi connectivity index (χ2v) is 11.8. The molecule has 13 heteroatoms. The number of hydrogen-bond donors (Lipinski definition) is 2. The Kier molecular flexibility index (Phi) is 11.5. The van der Waals surface area contributed by atoms with Gasteiger partial charge in [-0.1, -0.05) is 80.1 Å². The smallest absolute Gasteiger partial charge is 0.347 e. The number of nitrogens with one attached hydrogen (secondary N) is 1. The second-order valence-electron chi connectivity index (χ2n) is 11.8. The number of fused-ring (bicyclic) bond motifs is 1. The van der Waals surface area contributed by atoms with Gasteiger partial charge < -0.3 is 24.5 Å². The summed E-state index contributed by atoms with van der Waals surface area (Å²) in [6.07, 6.45) is 3.49. The van der Waals surface area contributed by atoms with E-state index < -0.39 is 17.9 Å². The van der Waals surface area contributed by atoms with E-state index in [0.717, 1.165) is 58.6 Å². The topological polar surface area (TPSA) is 128 Å². The number of aliphatic hydroxyl groups excluding tert-OH is 1. The van der Waals surface area contributed by atoms with E-state index in [1.807, 2.05) is 54.6 Å². The first kappa shape index (κ1) is 35.8. The zero-order valence-electron chi connectivity index (χ0n) is 27.8. The minimum atomic E-state index is -0.802. The van der Waals surface area contributed by atoms with Gasteiger partial charge in [0.2, 0.25) is 0 Å². The number of carbonyl (C=O) groups excluding carboxylic acids is 2. The van der Waals surface area contributed by atoms with E-state index in [-0.39, 0.29) is 89.8 Å². The van der Waals surface area contributed by atoms with Crippen molar-refractivity contribution in [1.82, 2.24) is 30.4 Å². The number of anilines is 1. The van der Waals surface area contributed by atoms with Gasteiger partial charge >= 0.3 is 5.97 Å². The van der Waals surface area contributed by atoms with Crippen molar-refractivity contribution < 1.29 is 19.4 Å². The Balaban J connectivity index is 0.00000225. The SMILES string of the molecule is CCCCC1N(C)C2=C(CN3C(=O)C(C(=O)OCc4ccccc4)=C(O)C3C2)N1c1ccc(-c2ccccc2-c2nnn[nH]2)cc1.[Na].[Na]. The van der Waals surface area contributed by atoms with Gasteiger partial charge in [0.05, 0.1) is 18.3 Å². The third-order valence-electron chi connectivity index (χ3n) is 9.14. The van der Waals surface area contributed by atoms with E-state index >= 15 is 0 Å². The molecule has 3 aromatic carbocycles. The number of esters is 1. The minimum absolute atomic E-state index is 0. The maximum Gasteiger partial charge on any atom is 0.347 e. The van der Waals surface area contributed by atoms with Gasteiger partial charge in [-0.05, 0) is 52.1 Å². The predicted molar refractivity (Wildman–Crippen MR) is 183 cm³/mol. The standard InChI is InChI=1S/C35H35N7O4.2Na/c1-3-4-14-30-40(2)27-19-28-32(43)31(35(45)46-21-22-10-6-5-7-11-22)34(44)41(28)20-29(27)42(30)24-17-15-23(16-18-24)25-12-8-9-13-26(25)33-36-38-39-37-33;;/h5-13,15-18,28,30,43H,3-4,14,19-21H2,1-2H3,(H,36,37,38,39);;. The maximum absolute atomic E-state index is 13.6. The number of aliphatic hydroxyl groups is 1. The number of aromatic nitrogens is 4. The normalized spacial score (nSPS) is 18.4. The Morgan fingerprint density at radius 1 is 0.979 bits per heavy atom. The van der Waals surface area contributed by atoms with Gasteiger partial charge in [0.15, 0.2) is 11.4 Å². The molecule has 3 aliphatic rings. The number of benzene rings is 3. The summed E-state index contributed by atoms with van der Waals surface area (Å²) < 4.78 is 5.45. The van der Waals surface area contributed by atoms with Crippen molar-refractivity contribution in [2.45, 2.75) is 51.4 Å². The average Bonchev–Trinajstić information content (AvgIpc) is 3.79. The first-order valence-corrected chi connectivity index (χ1v) is 15.6. The van der Waals surface area contributed by atoms with Crippen LogP contribution in [-0.4, -0.2) is 132 Å². The van der Waals surface area contributed by atoms with Crippen LogP contribution in [-0.2, 0) is 20.9 Å². The molecule has 3 aliphatic heterocycles. The van der Waals surface area contributed by atoms with Crippen LogP contribution in [0.2, 0.25) is 0 Å². The Morgan fingerprint density at radius 2 is 1.69 bits per heavy atom. The van der Waals surface area contributed by atoms with Crippen LogP contribution in [0.3, 0.4) is 0 Å². The van der Waals surface area contributed by atoms with Crippen molar-refractivity contribution in [2.75, 3.05) is 18.5 Å². The number of ether oxygens (including phenoxy) is 1. The Hall–Kier alpha value is -3.45. The maximum atomic E-state index is 13.6. The van der Waals surface area contributed by atoms with Gasteiger partial charge in [0.25, 0.3) is 5.91 Å². The van der Waals surface area contributed by atoms with Crippen LogP contribution in [0, 0.1) is 0 Å². The molecule has 0 spiro atoms. The van der Waals surface area contributed by atoms with E-state index in [1.54, 1.807) is 4.90 Å². The molecule has 7 rings (SSSR count). The third kappa shape index (κ3) is 6.59. The van der Waals surface area contributed by atoms with Gasteiger partial charge in [0, 0.05) is 89.5 Å². The number of aromatic amines is 1. The molecule has 4 aromatic rings. The Bertz CT molecular complexity index is 1830. The number of rotatable bonds is 9. The van der Waals surface area contributed by atoms with Crippen molar-refractivity contribution in [2.24, 2.45) is 0 Å². The first-order valence-electron chi connectivity index (χ1n) is 15.6. The van der Waals surface area contributed by atoms with Gasteiger partial charge in [-0.3, -0.25) is 4.79 Å². The first-order chi connectivity index (χ1) is 22.5. The number of nitrogens with zero attached hydrogens (tertiary/aromatic N) is 6. The molecule has 2 N–H and O–H groups in total. The number of amides is 1.